The number of carbonyl (C=O) groups is 1. The molecule has 0 rings (SSSR count). The van der Waals surface area contributed by atoms with Crippen LogP contribution >= 0.6 is 0 Å². The fraction of sp³-hybridized carbons (Fsp3) is 0. The zero-order valence-corrected chi connectivity index (χ0v) is 4.21. The minimum Gasteiger partial charge on any atom is -0.251 e. The second-order valence-corrected chi connectivity index (χ2v) is 1.61. The first-order chi connectivity index (χ1) is 3.55. The van der Waals surface area contributed by atoms with Gasteiger partial charge in [0.05, 0.1) is 0 Å². The standard InChI is InChI=1S/C2F2O3S/c3-1(5)2(4)8(6)7. The van der Waals surface area contributed by atoms with Crippen molar-refractivity contribution in [3.05, 3.63) is 0 Å². The fourth-order valence-electron chi connectivity index (χ4n) is 0.0655. The van der Waals surface area contributed by atoms with Gasteiger partial charge in [0.15, 0.2) is 0 Å². The molecule has 0 fully saturated rings. The molecule has 0 saturated heterocycles. The zero-order valence-electron chi connectivity index (χ0n) is 3.39. The largest absolute Gasteiger partial charge is 0.376 e. The van der Waals surface area contributed by atoms with E-state index >= 15 is 0 Å². The van der Waals surface area contributed by atoms with Crippen LogP contribution < -0.4 is 0 Å². The molecular weight excluding hydrogens is 142 g/mol. The summed E-state index contributed by atoms with van der Waals surface area (Å²) in [6, 6.07) is -2.57. The molecule has 0 unspecified atom stereocenters. The summed E-state index contributed by atoms with van der Waals surface area (Å²) in [7, 11) is -3.36. The third-order valence-corrected chi connectivity index (χ3v) is 0.754. The maximum atomic E-state index is 11.2. The molecule has 0 aromatic carbocycles. The topological polar surface area (TPSA) is 51.2 Å². The molecule has 3 nitrogen and oxygen atoms in total. The average molecular weight is 142 g/mol. The van der Waals surface area contributed by atoms with Crippen molar-refractivity contribution in [1.29, 1.82) is 0 Å². The highest BCUT2D eigenvalue weighted by Gasteiger charge is 2.08. The Morgan fingerprint density at radius 1 is 1.25 bits per heavy atom. The summed E-state index contributed by atoms with van der Waals surface area (Å²) in [4.78, 5) is 9.11. The Balaban J connectivity index is 4.78. The summed E-state index contributed by atoms with van der Waals surface area (Å²) in [5.41, 5.74) is 0. The van der Waals surface area contributed by atoms with Gasteiger partial charge in [0, 0.05) is 0 Å². The molecule has 0 aliphatic rings. The van der Waals surface area contributed by atoms with Gasteiger partial charge in [0.25, 0.3) is 10.3 Å². The molecule has 8 heavy (non-hydrogen) atoms. The Labute approximate surface area is 44.5 Å². The van der Waals surface area contributed by atoms with Gasteiger partial charge in [-0.1, -0.05) is 0 Å². The summed E-state index contributed by atoms with van der Waals surface area (Å²) in [5.74, 6) is 0. The van der Waals surface area contributed by atoms with Crippen molar-refractivity contribution in [1.82, 2.24) is 0 Å². The third kappa shape index (κ3) is 1.78. The lowest BCUT2D eigenvalue weighted by molar-refractivity contribution is -0.122. The van der Waals surface area contributed by atoms with Crippen LogP contribution in [0.15, 0.2) is 0 Å². The van der Waals surface area contributed by atoms with E-state index in [2.05, 4.69) is 0 Å². The highest BCUT2D eigenvalue weighted by molar-refractivity contribution is 7.74. The molecule has 0 aliphatic carbocycles. The van der Waals surface area contributed by atoms with Crippen LogP contribution in [0.5, 0.6) is 0 Å². The van der Waals surface area contributed by atoms with Crippen LogP contribution in [0.1, 0.15) is 0 Å². The van der Waals surface area contributed by atoms with E-state index in [1.165, 1.54) is 0 Å². The predicted octanol–water partition coefficient (Wildman–Crippen LogP) is -0.539. The van der Waals surface area contributed by atoms with Gasteiger partial charge in [-0.25, -0.2) is 0 Å². The molecule has 0 bridgehead atoms. The van der Waals surface area contributed by atoms with E-state index in [0.717, 1.165) is 0 Å². The van der Waals surface area contributed by atoms with Crippen molar-refractivity contribution >= 4 is 21.4 Å². The summed E-state index contributed by atoms with van der Waals surface area (Å²) < 4.78 is 40.7. The van der Waals surface area contributed by atoms with Gasteiger partial charge in [-0.3, -0.25) is 4.79 Å². The van der Waals surface area contributed by atoms with Crippen LogP contribution in [0.4, 0.5) is 8.78 Å². The first-order valence-electron chi connectivity index (χ1n) is 1.37. The van der Waals surface area contributed by atoms with E-state index in [1.807, 2.05) is 0 Å². The first-order valence-corrected chi connectivity index (χ1v) is 2.44. The van der Waals surface area contributed by atoms with Crippen LogP contribution in [0, 0.1) is 0 Å². The van der Waals surface area contributed by atoms with Gasteiger partial charge < -0.3 is 0 Å². The minimum atomic E-state index is -3.36. The first kappa shape index (κ1) is 7.22. The van der Waals surface area contributed by atoms with Gasteiger partial charge in [-0.05, 0) is 0 Å². The molecule has 0 radical (unpaired) electrons. The van der Waals surface area contributed by atoms with E-state index in [1.54, 1.807) is 0 Å². The van der Waals surface area contributed by atoms with Gasteiger partial charge in [0.2, 0.25) is 0 Å². The molecule has 0 heterocycles. The molecule has 0 N–H and O–H groups in total. The molecule has 0 aromatic rings. The second kappa shape index (κ2) is 2.51. The second-order valence-electron chi connectivity index (χ2n) is 0.782. The molecular formula is C2F2O3S. The van der Waals surface area contributed by atoms with E-state index in [0.29, 0.717) is 0 Å². The highest BCUT2D eigenvalue weighted by Crippen LogP contribution is 1.78. The summed E-state index contributed by atoms with van der Waals surface area (Å²) in [5, 5.41) is -2.29. The Hall–Kier alpha value is -0.780. The lowest BCUT2D eigenvalue weighted by Gasteiger charge is -1.68. The lowest BCUT2D eigenvalue weighted by Crippen LogP contribution is -2.00. The smallest absolute Gasteiger partial charge is 0.251 e. The molecule has 46 valence electrons. The Bertz CT molecular complexity index is 218. The summed E-state index contributed by atoms with van der Waals surface area (Å²) >= 11 is 0. The van der Waals surface area contributed by atoms with E-state index in [-0.39, 0.29) is 0 Å². The van der Waals surface area contributed by atoms with Crippen molar-refractivity contribution in [3.8, 4) is 0 Å². The Morgan fingerprint density at radius 3 is 1.62 bits per heavy atom. The van der Waals surface area contributed by atoms with Gasteiger partial charge >= 0.3 is 11.2 Å². The predicted molar refractivity (Wildman–Crippen MR) is 21.1 cm³/mol. The zero-order chi connectivity index (χ0) is 6.73. The van der Waals surface area contributed by atoms with Crippen LogP contribution in [0.2, 0.25) is 0 Å². The highest BCUT2D eigenvalue weighted by atomic mass is 32.2. The number of carbonyl (C=O) groups excluding carboxylic acids is 1. The van der Waals surface area contributed by atoms with Crippen LogP contribution in [-0.2, 0) is 15.1 Å². The quantitative estimate of drug-likeness (QED) is 0.365. The van der Waals surface area contributed by atoms with Crippen molar-refractivity contribution in [2.75, 3.05) is 0 Å². The SMILES string of the molecule is O=C(F)C(F)=S(=O)=O. The van der Waals surface area contributed by atoms with Crippen LogP contribution in [0.25, 0.3) is 0 Å². The monoisotopic (exact) mass is 142 g/mol. The third-order valence-electron chi connectivity index (χ3n) is 0.301. The van der Waals surface area contributed by atoms with Crippen molar-refractivity contribution < 1.29 is 22.0 Å². The van der Waals surface area contributed by atoms with E-state index < -0.39 is 21.4 Å². The Kier molecular flexibility index (Phi) is 2.26. The fourth-order valence-corrected chi connectivity index (χ4v) is 0.197. The maximum Gasteiger partial charge on any atom is 0.376 e. The molecule has 0 atom stereocenters. The lowest BCUT2D eigenvalue weighted by atomic mass is 10.8. The number of rotatable bonds is 1. The molecule has 0 aromatic heterocycles. The van der Waals surface area contributed by atoms with Crippen molar-refractivity contribution in [2.45, 2.75) is 0 Å². The maximum absolute atomic E-state index is 11.2. The molecule has 0 aliphatic heterocycles. The van der Waals surface area contributed by atoms with E-state index in [9.17, 15) is 17.2 Å². The molecule has 6 heteroatoms. The average Bonchev–Trinajstić information content (AvgIpc) is 1.64. The molecule has 0 amide bonds. The van der Waals surface area contributed by atoms with Gasteiger partial charge in [0.1, 0.15) is 0 Å². The van der Waals surface area contributed by atoms with Crippen molar-refractivity contribution in [2.24, 2.45) is 0 Å². The van der Waals surface area contributed by atoms with Crippen molar-refractivity contribution in [3.63, 3.8) is 0 Å². The Morgan fingerprint density at radius 2 is 1.62 bits per heavy atom. The summed E-state index contributed by atoms with van der Waals surface area (Å²) in [6.45, 7) is 0. The van der Waals surface area contributed by atoms with Gasteiger partial charge in [-0.2, -0.15) is 17.2 Å². The summed E-state index contributed by atoms with van der Waals surface area (Å²) in [6.07, 6.45) is 0. The number of hydrogen-bond donors (Lipinski definition) is 0. The normalized spacial score (nSPS) is 8.25. The van der Waals surface area contributed by atoms with Crippen LogP contribution in [0.3, 0.4) is 0 Å². The van der Waals surface area contributed by atoms with Crippen LogP contribution in [-0.4, -0.2) is 19.6 Å². The number of halogens is 2. The minimum absolute atomic E-state index is 2.29. The van der Waals surface area contributed by atoms with Gasteiger partial charge in [-0.15, -0.1) is 0 Å². The number of hydrogen-bond acceptors (Lipinski definition) is 3. The van der Waals surface area contributed by atoms with E-state index in [4.69, 9.17) is 4.79 Å². The molecule has 0 spiro atoms. The molecule has 0 saturated carbocycles.